The first-order valence-electron chi connectivity index (χ1n) is 5.50. The van der Waals surface area contributed by atoms with Crippen LogP contribution in [0.4, 0.5) is 24.5 Å². The molecule has 0 fully saturated rings. The SMILES string of the molecule is FC(F)(F)c1cccc(NNc2ccc(Cl)c(Cl)c2)c1. The largest absolute Gasteiger partial charge is 0.416 e. The molecule has 7 heteroatoms. The zero-order valence-electron chi connectivity index (χ0n) is 9.93. The van der Waals surface area contributed by atoms with Gasteiger partial charge in [0.15, 0.2) is 0 Å². The average molecular weight is 321 g/mol. The molecule has 0 atom stereocenters. The monoisotopic (exact) mass is 320 g/mol. The Balaban J connectivity index is 2.09. The van der Waals surface area contributed by atoms with Crippen LogP contribution in [-0.2, 0) is 6.18 Å². The van der Waals surface area contributed by atoms with Gasteiger partial charge in [0.1, 0.15) is 0 Å². The van der Waals surface area contributed by atoms with Crippen LogP contribution in [0.3, 0.4) is 0 Å². The van der Waals surface area contributed by atoms with Crippen LogP contribution >= 0.6 is 23.2 Å². The molecule has 0 saturated carbocycles. The molecule has 2 rings (SSSR count). The van der Waals surface area contributed by atoms with E-state index in [0.717, 1.165) is 12.1 Å². The molecule has 0 saturated heterocycles. The van der Waals surface area contributed by atoms with Gasteiger partial charge < -0.3 is 10.9 Å². The van der Waals surface area contributed by atoms with Crippen molar-refractivity contribution in [3.63, 3.8) is 0 Å². The number of nitrogens with one attached hydrogen (secondary N) is 2. The van der Waals surface area contributed by atoms with Crippen molar-refractivity contribution in [2.75, 3.05) is 10.9 Å². The highest BCUT2D eigenvalue weighted by atomic mass is 35.5. The Labute approximate surface area is 123 Å². The van der Waals surface area contributed by atoms with Gasteiger partial charge in [-0.3, -0.25) is 0 Å². The fraction of sp³-hybridized carbons (Fsp3) is 0.0769. The Morgan fingerprint density at radius 2 is 1.45 bits per heavy atom. The Bertz CT molecular complexity index is 615. The highest BCUT2D eigenvalue weighted by Gasteiger charge is 2.30. The molecule has 2 N–H and O–H groups in total. The zero-order valence-corrected chi connectivity index (χ0v) is 11.4. The minimum Gasteiger partial charge on any atom is -0.301 e. The van der Waals surface area contributed by atoms with E-state index < -0.39 is 11.7 Å². The van der Waals surface area contributed by atoms with Crippen LogP contribution in [0.15, 0.2) is 42.5 Å². The summed E-state index contributed by atoms with van der Waals surface area (Å²) in [6, 6.07) is 9.63. The molecule has 0 aromatic heterocycles. The van der Waals surface area contributed by atoms with Crippen LogP contribution in [0.1, 0.15) is 5.56 Å². The second-order valence-corrected chi connectivity index (χ2v) is 4.77. The average Bonchev–Trinajstić information content (AvgIpc) is 2.39. The van der Waals surface area contributed by atoms with Crippen LogP contribution in [0.25, 0.3) is 0 Å². The molecule has 2 aromatic rings. The van der Waals surface area contributed by atoms with Gasteiger partial charge in [-0.15, -0.1) is 0 Å². The molecular formula is C13H9Cl2F3N2. The molecule has 0 heterocycles. The summed E-state index contributed by atoms with van der Waals surface area (Å²) in [4.78, 5) is 0. The summed E-state index contributed by atoms with van der Waals surface area (Å²) in [5.74, 6) is 0. The predicted octanol–water partition coefficient (Wildman–Crippen LogP) is 5.45. The number of hydrogen-bond acceptors (Lipinski definition) is 2. The van der Waals surface area contributed by atoms with Crippen LogP contribution in [0.2, 0.25) is 10.0 Å². The standard InChI is InChI=1S/C13H9Cl2F3N2/c14-11-5-4-10(7-12(11)15)20-19-9-3-1-2-8(6-9)13(16,17)18/h1-7,19-20H. The van der Waals surface area contributed by atoms with Gasteiger partial charge in [0.2, 0.25) is 0 Å². The van der Waals surface area contributed by atoms with Gasteiger partial charge in [-0.05, 0) is 36.4 Å². The van der Waals surface area contributed by atoms with E-state index in [1.807, 2.05) is 0 Å². The van der Waals surface area contributed by atoms with Crippen molar-refractivity contribution in [1.29, 1.82) is 0 Å². The maximum Gasteiger partial charge on any atom is 0.416 e. The highest BCUT2D eigenvalue weighted by Crippen LogP contribution is 2.31. The number of benzene rings is 2. The highest BCUT2D eigenvalue weighted by molar-refractivity contribution is 6.42. The number of anilines is 2. The first-order chi connectivity index (χ1) is 9.36. The Morgan fingerprint density at radius 1 is 0.800 bits per heavy atom. The van der Waals surface area contributed by atoms with Crippen molar-refractivity contribution in [2.45, 2.75) is 6.18 Å². The van der Waals surface area contributed by atoms with Gasteiger partial charge in [0, 0.05) is 0 Å². The van der Waals surface area contributed by atoms with Crippen LogP contribution in [0.5, 0.6) is 0 Å². The normalized spacial score (nSPS) is 11.2. The molecule has 0 spiro atoms. The van der Waals surface area contributed by atoms with Gasteiger partial charge in [-0.25, -0.2) is 0 Å². The van der Waals surface area contributed by atoms with Gasteiger partial charge in [0.25, 0.3) is 0 Å². The summed E-state index contributed by atoms with van der Waals surface area (Å²) in [5.41, 5.74) is 5.56. The van der Waals surface area contributed by atoms with Crippen molar-refractivity contribution in [2.24, 2.45) is 0 Å². The van der Waals surface area contributed by atoms with Gasteiger partial charge in [0.05, 0.1) is 27.0 Å². The molecule has 0 unspecified atom stereocenters. The topological polar surface area (TPSA) is 24.1 Å². The first-order valence-corrected chi connectivity index (χ1v) is 6.26. The van der Waals surface area contributed by atoms with Crippen molar-refractivity contribution in [1.82, 2.24) is 0 Å². The lowest BCUT2D eigenvalue weighted by Gasteiger charge is -2.12. The second kappa shape index (κ2) is 5.81. The molecule has 106 valence electrons. The second-order valence-electron chi connectivity index (χ2n) is 3.96. The number of hydrazine groups is 1. The minimum atomic E-state index is -4.37. The Hall–Kier alpha value is -1.59. The van der Waals surface area contributed by atoms with E-state index >= 15 is 0 Å². The molecule has 0 aliphatic rings. The minimum absolute atomic E-state index is 0.283. The molecular weight excluding hydrogens is 312 g/mol. The van der Waals surface area contributed by atoms with Crippen LogP contribution in [0, 0.1) is 0 Å². The summed E-state index contributed by atoms with van der Waals surface area (Å²) < 4.78 is 37.6. The molecule has 0 bridgehead atoms. The maximum atomic E-state index is 12.5. The molecule has 20 heavy (non-hydrogen) atoms. The lowest BCUT2D eigenvalue weighted by molar-refractivity contribution is -0.137. The van der Waals surface area contributed by atoms with E-state index in [-0.39, 0.29) is 5.69 Å². The summed E-state index contributed by atoms with van der Waals surface area (Å²) >= 11 is 11.6. The summed E-state index contributed by atoms with van der Waals surface area (Å²) in [6.07, 6.45) is -4.37. The summed E-state index contributed by atoms with van der Waals surface area (Å²) in [6.45, 7) is 0. The van der Waals surface area contributed by atoms with Crippen LogP contribution in [-0.4, -0.2) is 0 Å². The van der Waals surface area contributed by atoms with E-state index in [4.69, 9.17) is 23.2 Å². The molecule has 0 aliphatic carbocycles. The van der Waals surface area contributed by atoms with Gasteiger partial charge in [-0.1, -0.05) is 29.3 Å². The molecule has 2 aromatic carbocycles. The van der Waals surface area contributed by atoms with Gasteiger partial charge >= 0.3 is 6.18 Å². The van der Waals surface area contributed by atoms with E-state index in [0.29, 0.717) is 15.7 Å². The third-order valence-corrected chi connectivity index (χ3v) is 3.20. The zero-order chi connectivity index (χ0) is 14.8. The molecule has 2 nitrogen and oxygen atoms in total. The first kappa shape index (κ1) is 14.8. The van der Waals surface area contributed by atoms with Crippen molar-refractivity contribution < 1.29 is 13.2 Å². The summed E-state index contributed by atoms with van der Waals surface area (Å²) in [5, 5.41) is 0.749. The van der Waals surface area contributed by atoms with E-state index in [1.165, 1.54) is 12.1 Å². The lowest BCUT2D eigenvalue weighted by atomic mass is 10.2. The molecule has 0 radical (unpaired) electrons. The Kier molecular flexibility index (Phi) is 4.30. The predicted molar refractivity (Wildman–Crippen MR) is 75.2 cm³/mol. The van der Waals surface area contributed by atoms with E-state index in [1.54, 1.807) is 18.2 Å². The van der Waals surface area contributed by atoms with E-state index in [2.05, 4.69) is 10.9 Å². The third kappa shape index (κ3) is 3.71. The van der Waals surface area contributed by atoms with Crippen molar-refractivity contribution in [3.05, 3.63) is 58.1 Å². The Morgan fingerprint density at radius 3 is 2.05 bits per heavy atom. The maximum absolute atomic E-state index is 12.5. The number of rotatable bonds is 3. The lowest BCUT2D eigenvalue weighted by Crippen LogP contribution is -2.10. The number of alkyl halides is 3. The number of halogens is 5. The fourth-order valence-electron chi connectivity index (χ4n) is 1.49. The quantitative estimate of drug-likeness (QED) is 0.735. The smallest absolute Gasteiger partial charge is 0.301 e. The molecule has 0 amide bonds. The molecule has 0 aliphatic heterocycles. The van der Waals surface area contributed by atoms with E-state index in [9.17, 15) is 13.2 Å². The van der Waals surface area contributed by atoms with Crippen LogP contribution < -0.4 is 10.9 Å². The van der Waals surface area contributed by atoms with Crippen molar-refractivity contribution in [3.8, 4) is 0 Å². The fourth-order valence-corrected chi connectivity index (χ4v) is 1.79. The van der Waals surface area contributed by atoms with Gasteiger partial charge in [-0.2, -0.15) is 13.2 Å². The third-order valence-electron chi connectivity index (χ3n) is 2.46. The number of hydrogen-bond donors (Lipinski definition) is 2. The van der Waals surface area contributed by atoms with Crippen molar-refractivity contribution >= 4 is 34.6 Å². The summed E-state index contributed by atoms with van der Waals surface area (Å²) in [7, 11) is 0.